The summed E-state index contributed by atoms with van der Waals surface area (Å²) in [4.78, 5) is 11.7. The van der Waals surface area contributed by atoms with Crippen LogP contribution in [0.15, 0.2) is 33.9 Å². The van der Waals surface area contributed by atoms with Gasteiger partial charge in [0.15, 0.2) is 0 Å². The molecule has 0 spiro atoms. The molecule has 1 atom stereocenters. The number of thiophene rings is 2. The largest absolute Gasteiger partial charge is 0.477 e. The molecule has 0 aromatic carbocycles. The van der Waals surface area contributed by atoms with Crippen LogP contribution >= 0.6 is 22.7 Å². The summed E-state index contributed by atoms with van der Waals surface area (Å²) < 4.78 is 27.1. The molecule has 2 aromatic heterocycles. The Morgan fingerprint density at radius 2 is 2.15 bits per heavy atom. The molecule has 5 nitrogen and oxygen atoms in total. The summed E-state index contributed by atoms with van der Waals surface area (Å²) in [5.74, 6) is -1.12. The van der Waals surface area contributed by atoms with Crippen molar-refractivity contribution in [2.75, 3.05) is 0 Å². The van der Waals surface area contributed by atoms with Gasteiger partial charge in [0.1, 0.15) is 9.09 Å². The Morgan fingerprint density at radius 3 is 2.65 bits per heavy atom. The van der Waals surface area contributed by atoms with Crippen molar-refractivity contribution < 1.29 is 18.3 Å². The fourth-order valence-electron chi connectivity index (χ4n) is 1.66. The highest BCUT2D eigenvalue weighted by Crippen LogP contribution is 2.27. The van der Waals surface area contributed by atoms with Gasteiger partial charge in [-0.25, -0.2) is 17.9 Å². The van der Waals surface area contributed by atoms with Gasteiger partial charge in [-0.1, -0.05) is 13.0 Å². The van der Waals surface area contributed by atoms with Crippen LogP contribution in [0.4, 0.5) is 0 Å². The molecule has 2 rings (SSSR count). The highest BCUT2D eigenvalue weighted by atomic mass is 32.2. The number of carboxylic acid groups (broad SMARTS) is 1. The molecule has 0 amide bonds. The molecule has 0 saturated heterocycles. The standard InChI is InChI=1S/C12H13NO4S3/c1-2-8(9-4-3-7-18-9)13-20(16,17)11-6-5-10(19-11)12(14)15/h3-8,13H,2H2,1H3,(H,14,15). The topological polar surface area (TPSA) is 83.5 Å². The maximum absolute atomic E-state index is 12.2. The zero-order valence-electron chi connectivity index (χ0n) is 10.6. The predicted molar refractivity (Wildman–Crippen MR) is 79.0 cm³/mol. The van der Waals surface area contributed by atoms with Crippen molar-refractivity contribution in [2.24, 2.45) is 0 Å². The van der Waals surface area contributed by atoms with Crippen LogP contribution in [0.1, 0.15) is 33.9 Å². The van der Waals surface area contributed by atoms with Crippen molar-refractivity contribution in [1.82, 2.24) is 4.72 Å². The summed E-state index contributed by atoms with van der Waals surface area (Å²) in [5.41, 5.74) is 0. The third-order valence-electron chi connectivity index (χ3n) is 2.65. The lowest BCUT2D eigenvalue weighted by Crippen LogP contribution is -2.27. The van der Waals surface area contributed by atoms with Gasteiger partial charge < -0.3 is 5.11 Å². The SMILES string of the molecule is CCC(NS(=O)(=O)c1ccc(C(=O)O)s1)c1cccs1. The molecule has 0 radical (unpaired) electrons. The van der Waals surface area contributed by atoms with Crippen molar-refractivity contribution in [3.63, 3.8) is 0 Å². The summed E-state index contributed by atoms with van der Waals surface area (Å²) in [6.07, 6.45) is 0.622. The summed E-state index contributed by atoms with van der Waals surface area (Å²) in [6.45, 7) is 1.89. The number of aromatic carboxylic acids is 1. The fraction of sp³-hybridized carbons (Fsp3) is 0.250. The van der Waals surface area contributed by atoms with Crippen molar-refractivity contribution in [3.05, 3.63) is 39.4 Å². The first-order valence-corrected chi connectivity index (χ1v) is 9.01. The minimum atomic E-state index is -3.70. The molecule has 1 unspecified atom stereocenters. The van der Waals surface area contributed by atoms with E-state index in [1.807, 2.05) is 24.4 Å². The number of hydrogen-bond acceptors (Lipinski definition) is 5. The third kappa shape index (κ3) is 3.26. The smallest absolute Gasteiger partial charge is 0.345 e. The summed E-state index contributed by atoms with van der Waals surface area (Å²) in [6, 6.07) is 6.06. The molecule has 0 aliphatic rings. The minimum Gasteiger partial charge on any atom is -0.477 e. The van der Waals surface area contributed by atoms with Crippen LogP contribution in [0.5, 0.6) is 0 Å². The molecule has 0 bridgehead atoms. The number of rotatable bonds is 6. The van der Waals surface area contributed by atoms with Crippen LogP contribution in [0.2, 0.25) is 0 Å². The quantitative estimate of drug-likeness (QED) is 0.852. The van der Waals surface area contributed by atoms with Crippen LogP contribution in [0.25, 0.3) is 0 Å². The van der Waals surface area contributed by atoms with E-state index in [9.17, 15) is 13.2 Å². The van der Waals surface area contributed by atoms with Crippen LogP contribution in [0, 0.1) is 0 Å². The number of sulfonamides is 1. The lowest BCUT2D eigenvalue weighted by atomic mass is 10.2. The molecule has 108 valence electrons. The first-order chi connectivity index (χ1) is 9.44. The third-order valence-corrected chi connectivity index (χ3v) is 6.67. The normalized spacial score (nSPS) is 13.2. The molecule has 2 heterocycles. The van der Waals surface area contributed by atoms with Crippen molar-refractivity contribution >= 4 is 38.7 Å². The fourth-order valence-corrected chi connectivity index (χ4v) is 5.05. The van der Waals surface area contributed by atoms with Crippen molar-refractivity contribution in [2.45, 2.75) is 23.6 Å². The zero-order valence-corrected chi connectivity index (χ0v) is 13.0. The first kappa shape index (κ1) is 15.2. The Bertz CT molecular complexity index is 688. The van der Waals surface area contributed by atoms with Gasteiger partial charge in [0.2, 0.25) is 0 Å². The van der Waals surface area contributed by atoms with Crippen LogP contribution in [-0.2, 0) is 10.0 Å². The Balaban J connectivity index is 2.23. The predicted octanol–water partition coefficient (Wildman–Crippen LogP) is 2.94. The van der Waals surface area contributed by atoms with E-state index in [-0.39, 0.29) is 15.1 Å². The lowest BCUT2D eigenvalue weighted by Gasteiger charge is -2.14. The van der Waals surface area contributed by atoms with Crippen LogP contribution in [0.3, 0.4) is 0 Å². The Hall–Kier alpha value is -1.22. The molecule has 2 N–H and O–H groups in total. The molecule has 0 saturated carbocycles. The Morgan fingerprint density at radius 1 is 1.40 bits per heavy atom. The number of nitrogens with one attached hydrogen (secondary N) is 1. The zero-order chi connectivity index (χ0) is 14.8. The van der Waals surface area contributed by atoms with Gasteiger partial charge in [0.05, 0.1) is 6.04 Å². The molecule has 0 aliphatic carbocycles. The molecule has 8 heteroatoms. The second kappa shape index (κ2) is 6.04. The molecule has 20 heavy (non-hydrogen) atoms. The Kier molecular flexibility index (Phi) is 4.59. The first-order valence-electron chi connectivity index (χ1n) is 5.83. The van der Waals surface area contributed by atoms with Gasteiger partial charge in [-0.2, -0.15) is 0 Å². The number of carboxylic acids is 1. The van der Waals surface area contributed by atoms with E-state index in [0.29, 0.717) is 6.42 Å². The molecule has 0 aliphatic heterocycles. The molecular weight excluding hydrogens is 318 g/mol. The van der Waals surface area contributed by atoms with Gasteiger partial charge in [-0.3, -0.25) is 0 Å². The van der Waals surface area contributed by atoms with Crippen LogP contribution < -0.4 is 4.72 Å². The van der Waals surface area contributed by atoms with Crippen molar-refractivity contribution in [1.29, 1.82) is 0 Å². The van der Waals surface area contributed by atoms with E-state index in [1.54, 1.807) is 0 Å². The molecular formula is C12H13NO4S3. The van der Waals surface area contributed by atoms with Gasteiger partial charge in [0.25, 0.3) is 10.0 Å². The highest BCUT2D eigenvalue weighted by molar-refractivity contribution is 7.91. The number of hydrogen-bond donors (Lipinski definition) is 2. The Labute approximate surface area is 124 Å². The van der Waals surface area contributed by atoms with E-state index >= 15 is 0 Å². The van der Waals surface area contributed by atoms with Gasteiger partial charge in [-0.05, 0) is 30.0 Å². The monoisotopic (exact) mass is 331 g/mol. The summed E-state index contributed by atoms with van der Waals surface area (Å²) in [7, 11) is -3.70. The maximum atomic E-state index is 12.2. The highest BCUT2D eigenvalue weighted by Gasteiger charge is 2.23. The number of carbonyl (C=O) groups is 1. The second-order valence-corrected chi connectivity index (χ2v) is 8.03. The van der Waals surface area contributed by atoms with E-state index in [0.717, 1.165) is 16.2 Å². The van der Waals surface area contributed by atoms with E-state index in [4.69, 9.17) is 5.11 Å². The summed E-state index contributed by atoms with van der Waals surface area (Å²) >= 11 is 2.23. The summed E-state index contributed by atoms with van der Waals surface area (Å²) in [5, 5.41) is 10.7. The van der Waals surface area contributed by atoms with Gasteiger partial charge in [0, 0.05) is 4.88 Å². The van der Waals surface area contributed by atoms with Gasteiger partial charge in [-0.15, -0.1) is 22.7 Å². The van der Waals surface area contributed by atoms with E-state index < -0.39 is 16.0 Å². The van der Waals surface area contributed by atoms with E-state index in [2.05, 4.69) is 4.72 Å². The van der Waals surface area contributed by atoms with E-state index in [1.165, 1.54) is 23.5 Å². The molecule has 0 fully saturated rings. The molecule has 2 aromatic rings. The minimum absolute atomic E-state index is 0.00884. The van der Waals surface area contributed by atoms with Crippen molar-refractivity contribution in [3.8, 4) is 0 Å². The maximum Gasteiger partial charge on any atom is 0.345 e. The van der Waals surface area contributed by atoms with Gasteiger partial charge >= 0.3 is 5.97 Å². The lowest BCUT2D eigenvalue weighted by molar-refractivity contribution is 0.0702. The second-order valence-electron chi connectivity index (χ2n) is 4.02. The average Bonchev–Trinajstić information content (AvgIpc) is 3.06. The van der Waals surface area contributed by atoms with Crippen LogP contribution in [-0.4, -0.2) is 19.5 Å². The average molecular weight is 331 g/mol.